The summed E-state index contributed by atoms with van der Waals surface area (Å²) in [5.41, 5.74) is 0.859. The number of anilines is 1. The van der Waals surface area contributed by atoms with Crippen LogP contribution in [0.25, 0.3) is 0 Å². The number of nitrogens with one attached hydrogen (secondary N) is 3. The van der Waals surface area contributed by atoms with Gasteiger partial charge in [-0.05, 0) is 44.0 Å². The van der Waals surface area contributed by atoms with E-state index in [-0.39, 0.29) is 5.41 Å². The van der Waals surface area contributed by atoms with E-state index in [1.165, 1.54) is 19.9 Å². The Morgan fingerprint density at radius 3 is 2.71 bits per heavy atom. The highest BCUT2D eigenvalue weighted by atomic mass is 32.2. The third-order valence-electron chi connectivity index (χ3n) is 4.27. The van der Waals surface area contributed by atoms with Gasteiger partial charge < -0.3 is 10.6 Å². The van der Waals surface area contributed by atoms with E-state index in [1.54, 1.807) is 18.2 Å². The fraction of sp³-hybridized carbons (Fsp3) is 0.600. The minimum Gasteiger partial charge on any atom is -0.382 e. The minimum absolute atomic E-state index is 0.210. The molecule has 2 rings (SSSR count). The molecule has 1 atom stereocenters. The van der Waals surface area contributed by atoms with E-state index in [4.69, 9.17) is 0 Å². The van der Waals surface area contributed by atoms with Crippen LogP contribution in [-0.4, -0.2) is 34.6 Å². The number of para-hydroxylation sites is 1. The fourth-order valence-corrected chi connectivity index (χ4v) is 3.70. The van der Waals surface area contributed by atoms with Crippen LogP contribution in [0.5, 0.6) is 0 Å². The lowest BCUT2D eigenvalue weighted by Crippen LogP contribution is -2.50. The number of rotatable bonds is 5. The van der Waals surface area contributed by atoms with Crippen LogP contribution in [0.3, 0.4) is 0 Å². The van der Waals surface area contributed by atoms with Gasteiger partial charge >= 0.3 is 0 Å². The Hall–Kier alpha value is -1.11. The second-order valence-corrected chi connectivity index (χ2v) is 8.04. The van der Waals surface area contributed by atoms with Gasteiger partial charge in [0.2, 0.25) is 10.0 Å². The average molecular weight is 311 g/mol. The molecule has 0 aliphatic carbocycles. The molecule has 1 aliphatic rings. The summed E-state index contributed by atoms with van der Waals surface area (Å²) in [5, 5.41) is 6.82. The van der Waals surface area contributed by atoms with Crippen LogP contribution < -0.4 is 15.4 Å². The second kappa shape index (κ2) is 6.34. The van der Waals surface area contributed by atoms with Crippen LogP contribution in [0.4, 0.5) is 5.69 Å². The lowest BCUT2D eigenvalue weighted by Gasteiger charge is -2.39. The van der Waals surface area contributed by atoms with Gasteiger partial charge in [0.05, 0.1) is 5.69 Å². The van der Waals surface area contributed by atoms with Gasteiger partial charge in [0.25, 0.3) is 0 Å². The predicted molar refractivity (Wildman–Crippen MR) is 86.0 cm³/mol. The Balaban J connectivity index is 2.14. The largest absolute Gasteiger partial charge is 0.382 e. The standard InChI is InChI=1S/C15H25N3O2S/c1-15(2)9-6-10-17-14(15)11-18-12-7-4-5-8-13(12)21(19,20)16-3/h4-5,7-8,14,16-18H,6,9-11H2,1-3H3. The van der Waals surface area contributed by atoms with Gasteiger partial charge in [0.1, 0.15) is 4.90 Å². The molecule has 3 N–H and O–H groups in total. The highest BCUT2D eigenvalue weighted by Crippen LogP contribution is 2.30. The number of piperidine rings is 1. The van der Waals surface area contributed by atoms with Crippen molar-refractivity contribution >= 4 is 15.7 Å². The Kier molecular flexibility index (Phi) is 4.91. The third kappa shape index (κ3) is 3.75. The first kappa shape index (κ1) is 16.3. The zero-order valence-corrected chi connectivity index (χ0v) is 13.8. The molecule has 118 valence electrons. The van der Waals surface area contributed by atoms with Crippen LogP contribution in [0.2, 0.25) is 0 Å². The summed E-state index contributed by atoms with van der Waals surface area (Å²) in [7, 11) is -2.01. The molecule has 1 heterocycles. The van der Waals surface area contributed by atoms with Gasteiger partial charge in [0, 0.05) is 12.6 Å². The molecule has 1 saturated heterocycles. The van der Waals surface area contributed by atoms with E-state index in [9.17, 15) is 8.42 Å². The number of sulfonamides is 1. The number of hydrogen-bond donors (Lipinski definition) is 3. The molecular weight excluding hydrogens is 286 g/mol. The molecule has 1 aromatic rings. The van der Waals surface area contributed by atoms with Crippen molar-refractivity contribution in [2.75, 3.05) is 25.5 Å². The van der Waals surface area contributed by atoms with E-state index in [2.05, 4.69) is 29.2 Å². The smallest absolute Gasteiger partial charge is 0.242 e. The SMILES string of the molecule is CNS(=O)(=O)c1ccccc1NCC1NCCCC1(C)C. The molecule has 1 aromatic carbocycles. The van der Waals surface area contributed by atoms with E-state index in [1.807, 2.05) is 6.07 Å². The van der Waals surface area contributed by atoms with E-state index in [0.717, 1.165) is 6.54 Å². The van der Waals surface area contributed by atoms with Gasteiger partial charge in [0.15, 0.2) is 0 Å². The summed E-state index contributed by atoms with van der Waals surface area (Å²) in [6, 6.07) is 7.33. The average Bonchev–Trinajstić information content (AvgIpc) is 2.46. The molecule has 1 fully saturated rings. The van der Waals surface area contributed by atoms with Crippen molar-refractivity contribution in [3.63, 3.8) is 0 Å². The normalized spacial score (nSPS) is 22.0. The molecule has 5 nitrogen and oxygen atoms in total. The van der Waals surface area contributed by atoms with Crippen LogP contribution >= 0.6 is 0 Å². The first-order chi connectivity index (χ1) is 9.87. The third-order valence-corrected chi connectivity index (χ3v) is 5.75. The molecule has 0 radical (unpaired) electrons. The first-order valence-corrected chi connectivity index (χ1v) is 8.85. The van der Waals surface area contributed by atoms with Crippen LogP contribution in [-0.2, 0) is 10.0 Å². The van der Waals surface area contributed by atoms with Crippen LogP contribution in [0.1, 0.15) is 26.7 Å². The van der Waals surface area contributed by atoms with Crippen molar-refractivity contribution in [2.24, 2.45) is 5.41 Å². The number of hydrogen-bond acceptors (Lipinski definition) is 4. The molecule has 6 heteroatoms. The molecule has 0 bridgehead atoms. The zero-order chi connectivity index (χ0) is 15.5. The fourth-order valence-electron chi connectivity index (χ4n) is 2.79. The Labute approximate surface area is 127 Å². The van der Waals surface area contributed by atoms with Gasteiger partial charge in [-0.2, -0.15) is 0 Å². The molecule has 0 saturated carbocycles. The van der Waals surface area contributed by atoms with Gasteiger partial charge in [-0.25, -0.2) is 13.1 Å². The Bertz CT molecular complexity index is 584. The highest BCUT2D eigenvalue weighted by molar-refractivity contribution is 7.89. The van der Waals surface area contributed by atoms with Gasteiger partial charge in [-0.1, -0.05) is 26.0 Å². The van der Waals surface area contributed by atoms with Crippen molar-refractivity contribution < 1.29 is 8.42 Å². The van der Waals surface area contributed by atoms with Gasteiger partial charge in [-0.15, -0.1) is 0 Å². The lowest BCUT2D eigenvalue weighted by atomic mass is 9.77. The van der Waals surface area contributed by atoms with Crippen LogP contribution in [0.15, 0.2) is 29.2 Å². The molecule has 0 aromatic heterocycles. The molecular formula is C15H25N3O2S. The summed E-state index contributed by atoms with van der Waals surface area (Å²) < 4.78 is 26.4. The highest BCUT2D eigenvalue weighted by Gasteiger charge is 2.31. The van der Waals surface area contributed by atoms with Gasteiger partial charge in [-0.3, -0.25) is 0 Å². The van der Waals surface area contributed by atoms with Crippen LogP contribution in [0, 0.1) is 5.41 Å². The van der Waals surface area contributed by atoms with E-state index in [0.29, 0.717) is 23.2 Å². The monoisotopic (exact) mass is 311 g/mol. The summed E-state index contributed by atoms with van der Waals surface area (Å²) in [6.07, 6.45) is 2.37. The van der Waals surface area contributed by atoms with Crippen molar-refractivity contribution in [1.82, 2.24) is 10.0 Å². The minimum atomic E-state index is -3.44. The summed E-state index contributed by atoms with van der Waals surface area (Å²) in [4.78, 5) is 0.293. The van der Waals surface area contributed by atoms with E-state index >= 15 is 0 Å². The molecule has 1 unspecified atom stereocenters. The van der Waals surface area contributed by atoms with Crippen molar-refractivity contribution in [3.05, 3.63) is 24.3 Å². The van der Waals surface area contributed by atoms with E-state index < -0.39 is 10.0 Å². The zero-order valence-electron chi connectivity index (χ0n) is 12.9. The maximum Gasteiger partial charge on any atom is 0.242 e. The molecule has 0 amide bonds. The molecule has 21 heavy (non-hydrogen) atoms. The quantitative estimate of drug-likeness (QED) is 0.775. The number of benzene rings is 1. The van der Waals surface area contributed by atoms with Crippen molar-refractivity contribution in [2.45, 2.75) is 37.6 Å². The topological polar surface area (TPSA) is 70.2 Å². The maximum absolute atomic E-state index is 12.0. The predicted octanol–water partition coefficient (Wildman–Crippen LogP) is 1.78. The second-order valence-electron chi connectivity index (χ2n) is 6.18. The first-order valence-electron chi connectivity index (χ1n) is 7.37. The van der Waals surface area contributed by atoms with Crippen molar-refractivity contribution in [3.8, 4) is 0 Å². The maximum atomic E-state index is 12.0. The lowest BCUT2D eigenvalue weighted by molar-refractivity contribution is 0.188. The summed E-state index contributed by atoms with van der Waals surface area (Å²) in [6.45, 7) is 6.24. The van der Waals surface area contributed by atoms with Crippen molar-refractivity contribution in [1.29, 1.82) is 0 Å². The summed E-state index contributed by atoms with van der Waals surface area (Å²) in [5.74, 6) is 0. The Morgan fingerprint density at radius 1 is 1.33 bits per heavy atom. The summed E-state index contributed by atoms with van der Waals surface area (Å²) >= 11 is 0. The molecule has 0 spiro atoms. The molecule has 1 aliphatic heterocycles. The Morgan fingerprint density at radius 2 is 2.05 bits per heavy atom.